The maximum Gasteiger partial charge on any atom is 0.341 e. The number of nitrogens with two attached hydrogens (primary N) is 1. The summed E-state index contributed by atoms with van der Waals surface area (Å²) in [6.45, 7) is 0. The highest BCUT2D eigenvalue weighted by molar-refractivity contribution is 7.91. The quantitative estimate of drug-likeness (QED) is 0.837. The molecule has 0 aliphatic heterocycles. The Morgan fingerprint density at radius 2 is 1.71 bits per heavy atom. The van der Waals surface area contributed by atoms with Crippen molar-refractivity contribution in [3.05, 3.63) is 24.3 Å². The first-order chi connectivity index (χ1) is 9.91. The third-order valence-electron chi connectivity index (χ3n) is 3.84. The number of halogens is 2. The van der Waals surface area contributed by atoms with Gasteiger partial charge in [0.15, 0.2) is 0 Å². The lowest BCUT2D eigenvalue weighted by Gasteiger charge is -2.24. The molecule has 1 fully saturated rings. The van der Waals surface area contributed by atoms with E-state index in [0.29, 0.717) is 5.69 Å². The highest BCUT2D eigenvalue weighted by Crippen LogP contribution is 2.23. The largest absolute Gasteiger partial charge is 0.381 e. The second-order valence-electron chi connectivity index (χ2n) is 5.38. The van der Waals surface area contributed by atoms with Gasteiger partial charge >= 0.3 is 5.76 Å². The minimum absolute atomic E-state index is 0.0528. The maximum absolute atomic E-state index is 12.4. The van der Waals surface area contributed by atoms with Crippen LogP contribution in [0.1, 0.15) is 32.1 Å². The highest BCUT2D eigenvalue weighted by Gasteiger charge is 2.26. The standard InChI is InChI=1S/C14H20F2N2O2S/c15-14(16)21(19,20)11-8-6-10(7-9-11)18-13-5-3-1-2-4-12(13)17/h6-9,12-14,18H,1-5,17H2. The van der Waals surface area contributed by atoms with Crippen molar-refractivity contribution >= 4 is 15.5 Å². The fourth-order valence-corrected chi connectivity index (χ4v) is 3.29. The van der Waals surface area contributed by atoms with E-state index in [1.165, 1.54) is 24.3 Å². The van der Waals surface area contributed by atoms with Crippen molar-refractivity contribution in [1.82, 2.24) is 0 Å². The molecular formula is C14H20F2N2O2S. The van der Waals surface area contributed by atoms with Crippen molar-refractivity contribution in [2.24, 2.45) is 5.73 Å². The fourth-order valence-electron chi connectivity index (χ4n) is 2.57. The molecule has 2 unspecified atom stereocenters. The molecule has 0 spiro atoms. The van der Waals surface area contributed by atoms with E-state index in [4.69, 9.17) is 5.73 Å². The number of hydrogen-bond donors (Lipinski definition) is 2. The first-order valence-corrected chi connectivity index (χ1v) is 8.60. The first-order valence-electron chi connectivity index (χ1n) is 7.05. The Balaban J connectivity index is 2.09. The van der Waals surface area contributed by atoms with Crippen LogP contribution in [0.5, 0.6) is 0 Å². The van der Waals surface area contributed by atoms with Gasteiger partial charge in [0.2, 0.25) is 9.84 Å². The van der Waals surface area contributed by atoms with Gasteiger partial charge in [0, 0.05) is 17.8 Å². The zero-order chi connectivity index (χ0) is 15.5. The van der Waals surface area contributed by atoms with Gasteiger partial charge in [-0.25, -0.2) is 8.42 Å². The predicted octanol–water partition coefficient (Wildman–Crippen LogP) is 2.75. The minimum atomic E-state index is -4.53. The first kappa shape index (κ1) is 16.2. The number of rotatable bonds is 4. The smallest absolute Gasteiger partial charge is 0.341 e. The topological polar surface area (TPSA) is 72.2 Å². The van der Waals surface area contributed by atoms with Gasteiger partial charge in [-0.05, 0) is 37.1 Å². The number of nitrogens with one attached hydrogen (secondary N) is 1. The van der Waals surface area contributed by atoms with Gasteiger partial charge in [-0.2, -0.15) is 8.78 Å². The normalized spacial score (nSPS) is 23.8. The van der Waals surface area contributed by atoms with Gasteiger partial charge in [-0.1, -0.05) is 19.3 Å². The third-order valence-corrected chi connectivity index (χ3v) is 5.24. The SMILES string of the molecule is NC1CCCCCC1Nc1ccc(S(=O)(=O)C(F)F)cc1. The van der Waals surface area contributed by atoms with Gasteiger partial charge in [-0.15, -0.1) is 0 Å². The highest BCUT2D eigenvalue weighted by atomic mass is 32.2. The van der Waals surface area contributed by atoms with Crippen LogP contribution >= 0.6 is 0 Å². The van der Waals surface area contributed by atoms with Crippen molar-refractivity contribution in [1.29, 1.82) is 0 Å². The lowest BCUT2D eigenvalue weighted by molar-refractivity contribution is 0.234. The van der Waals surface area contributed by atoms with E-state index in [-0.39, 0.29) is 17.0 Å². The summed E-state index contributed by atoms with van der Waals surface area (Å²) in [5, 5.41) is 3.27. The van der Waals surface area contributed by atoms with Crippen LogP contribution in [0.3, 0.4) is 0 Å². The average molecular weight is 318 g/mol. The summed E-state index contributed by atoms with van der Waals surface area (Å²) in [5.41, 5.74) is 6.81. The predicted molar refractivity (Wildman–Crippen MR) is 78.1 cm³/mol. The Bertz CT molecular complexity index is 561. The molecular weight excluding hydrogens is 298 g/mol. The zero-order valence-electron chi connectivity index (χ0n) is 11.6. The van der Waals surface area contributed by atoms with Gasteiger partial charge < -0.3 is 11.1 Å². The van der Waals surface area contributed by atoms with Crippen molar-refractivity contribution in [2.45, 2.75) is 54.8 Å². The van der Waals surface area contributed by atoms with Gasteiger partial charge in [-0.3, -0.25) is 0 Å². The van der Waals surface area contributed by atoms with Crippen molar-refractivity contribution in [3.63, 3.8) is 0 Å². The Morgan fingerprint density at radius 1 is 1.10 bits per heavy atom. The summed E-state index contributed by atoms with van der Waals surface area (Å²) in [6.07, 6.45) is 5.29. The summed E-state index contributed by atoms with van der Waals surface area (Å²) in [6, 6.07) is 5.60. The number of hydrogen-bond acceptors (Lipinski definition) is 4. The number of anilines is 1. The Morgan fingerprint density at radius 3 is 2.33 bits per heavy atom. The monoisotopic (exact) mass is 318 g/mol. The minimum Gasteiger partial charge on any atom is -0.381 e. The van der Waals surface area contributed by atoms with Crippen LogP contribution in [0.15, 0.2) is 29.2 Å². The summed E-state index contributed by atoms with van der Waals surface area (Å²) in [4.78, 5) is -0.367. The Kier molecular flexibility index (Phi) is 5.16. The molecule has 1 aliphatic carbocycles. The summed E-state index contributed by atoms with van der Waals surface area (Å²) < 4.78 is 47.6. The van der Waals surface area contributed by atoms with Gasteiger partial charge in [0.1, 0.15) is 0 Å². The van der Waals surface area contributed by atoms with Crippen LogP contribution in [0.4, 0.5) is 14.5 Å². The fraction of sp³-hybridized carbons (Fsp3) is 0.571. The van der Waals surface area contributed by atoms with Gasteiger partial charge in [0.05, 0.1) is 4.90 Å². The molecule has 0 saturated heterocycles. The third kappa shape index (κ3) is 3.91. The van der Waals surface area contributed by atoms with Crippen LogP contribution in [0.2, 0.25) is 0 Å². The van der Waals surface area contributed by atoms with E-state index in [1.807, 2.05) is 0 Å². The average Bonchev–Trinajstić information content (AvgIpc) is 2.65. The van der Waals surface area contributed by atoms with Crippen molar-refractivity contribution in [3.8, 4) is 0 Å². The molecule has 0 heterocycles. The van der Waals surface area contributed by atoms with E-state index >= 15 is 0 Å². The maximum atomic E-state index is 12.4. The van der Waals surface area contributed by atoms with Gasteiger partial charge in [0.25, 0.3) is 0 Å². The molecule has 0 amide bonds. The van der Waals surface area contributed by atoms with Crippen LogP contribution in [0, 0.1) is 0 Å². The molecule has 2 atom stereocenters. The summed E-state index contributed by atoms with van der Waals surface area (Å²) in [5.74, 6) is -3.40. The Labute approximate surface area is 123 Å². The number of alkyl halides is 2. The van der Waals surface area contributed by atoms with Crippen LogP contribution in [-0.2, 0) is 9.84 Å². The molecule has 21 heavy (non-hydrogen) atoms. The summed E-state index contributed by atoms with van der Waals surface area (Å²) in [7, 11) is -4.53. The molecule has 1 aromatic rings. The molecule has 3 N–H and O–H groups in total. The van der Waals surface area contributed by atoms with Crippen LogP contribution in [-0.4, -0.2) is 26.3 Å². The van der Waals surface area contributed by atoms with Crippen molar-refractivity contribution in [2.75, 3.05) is 5.32 Å². The van der Waals surface area contributed by atoms with Crippen molar-refractivity contribution < 1.29 is 17.2 Å². The second kappa shape index (κ2) is 6.70. The molecule has 7 heteroatoms. The molecule has 4 nitrogen and oxygen atoms in total. The lowest BCUT2D eigenvalue weighted by Crippen LogP contribution is -2.39. The second-order valence-corrected chi connectivity index (χ2v) is 7.30. The molecule has 0 radical (unpaired) electrons. The molecule has 1 saturated carbocycles. The molecule has 0 bridgehead atoms. The van der Waals surface area contributed by atoms with Crippen LogP contribution in [0.25, 0.3) is 0 Å². The van der Waals surface area contributed by atoms with E-state index in [9.17, 15) is 17.2 Å². The molecule has 0 aromatic heterocycles. The molecule has 2 rings (SSSR count). The van der Waals surface area contributed by atoms with Crippen LogP contribution < -0.4 is 11.1 Å². The summed E-state index contributed by atoms with van der Waals surface area (Å²) >= 11 is 0. The zero-order valence-corrected chi connectivity index (χ0v) is 12.5. The van der Waals surface area contributed by atoms with E-state index in [0.717, 1.165) is 32.1 Å². The lowest BCUT2D eigenvalue weighted by atomic mass is 10.0. The number of benzene rings is 1. The number of sulfone groups is 1. The Hall–Kier alpha value is -1.21. The molecule has 1 aromatic carbocycles. The van der Waals surface area contributed by atoms with E-state index in [2.05, 4.69) is 5.32 Å². The van der Waals surface area contributed by atoms with E-state index < -0.39 is 15.6 Å². The molecule has 1 aliphatic rings. The van der Waals surface area contributed by atoms with E-state index in [1.54, 1.807) is 0 Å². The molecule has 118 valence electrons.